The van der Waals surface area contributed by atoms with Crippen molar-refractivity contribution in [1.29, 1.82) is 0 Å². The highest BCUT2D eigenvalue weighted by molar-refractivity contribution is 5.98. The largest absolute Gasteiger partial charge is 0.497 e. The Kier molecular flexibility index (Phi) is 4.28. The summed E-state index contributed by atoms with van der Waals surface area (Å²) in [5.41, 5.74) is 1.67. The number of hydrogen-bond acceptors (Lipinski definition) is 5. The van der Waals surface area contributed by atoms with Crippen LogP contribution in [0.15, 0.2) is 59.6 Å². The van der Waals surface area contributed by atoms with Crippen LogP contribution in [0.3, 0.4) is 0 Å². The van der Waals surface area contributed by atoms with Crippen LogP contribution in [0.2, 0.25) is 0 Å². The van der Waals surface area contributed by atoms with Gasteiger partial charge in [0.1, 0.15) is 5.75 Å². The van der Waals surface area contributed by atoms with Gasteiger partial charge in [0.25, 0.3) is 0 Å². The molecule has 118 valence electrons. The second-order valence-corrected chi connectivity index (χ2v) is 5.08. The van der Waals surface area contributed by atoms with Crippen molar-refractivity contribution in [2.75, 3.05) is 14.2 Å². The monoisotopic (exact) mass is 311 g/mol. The maximum atomic E-state index is 12.1. The Labute approximate surface area is 134 Å². The lowest BCUT2D eigenvalue weighted by Crippen LogP contribution is -2.25. The first kappa shape index (κ1) is 15.1. The second-order valence-electron chi connectivity index (χ2n) is 5.08. The quantitative estimate of drug-likeness (QED) is 0.815. The molecule has 5 heteroatoms. The molecule has 0 radical (unpaired) electrons. The first-order chi connectivity index (χ1) is 11.2. The molecule has 23 heavy (non-hydrogen) atoms. The van der Waals surface area contributed by atoms with Crippen molar-refractivity contribution >= 4 is 11.9 Å². The van der Waals surface area contributed by atoms with Crippen molar-refractivity contribution in [3.05, 3.63) is 65.7 Å². The molecule has 0 saturated heterocycles. The molecule has 1 aliphatic heterocycles. The van der Waals surface area contributed by atoms with Crippen LogP contribution < -0.4 is 4.74 Å². The van der Waals surface area contributed by atoms with E-state index in [1.54, 1.807) is 7.11 Å². The van der Waals surface area contributed by atoms with E-state index in [4.69, 9.17) is 14.2 Å². The Morgan fingerprint density at radius 2 is 1.74 bits per heavy atom. The van der Waals surface area contributed by atoms with E-state index in [9.17, 15) is 4.79 Å². The molecule has 5 nitrogen and oxygen atoms in total. The minimum atomic E-state index is -0.719. The first-order valence-corrected chi connectivity index (χ1v) is 7.24. The van der Waals surface area contributed by atoms with Gasteiger partial charge < -0.3 is 14.2 Å². The smallest absolute Gasteiger partial charge is 0.335 e. The van der Waals surface area contributed by atoms with Gasteiger partial charge in [-0.05, 0) is 29.8 Å². The Morgan fingerprint density at radius 1 is 1.04 bits per heavy atom. The Balaban J connectivity index is 1.92. The van der Waals surface area contributed by atoms with Gasteiger partial charge in [-0.25, -0.2) is 9.79 Å². The topological polar surface area (TPSA) is 57.1 Å². The highest BCUT2D eigenvalue weighted by atomic mass is 16.5. The zero-order chi connectivity index (χ0) is 16.2. The van der Waals surface area contributed by atoms with Gasteiger partial charge >= 0.3 is 5.97 Å². The van der Waals surface area contributed by atoms with Crippen LogP contribution >= 0.6 is 0 Å². The number of carbonyl (C=O) groups is 1. The number of benzene rings is 2. The zero-order valence-corrected chi connectivity index (χ0v) is 12.9. The summed E-state index contributed by atoms with van der Waals surface area (Å²) in [5.74, 6) is 0.768. The molecule has 0 N–H and O–H groups in total. The van der Waals surface area contributed by atoms with Crippen LogP contribution in [0.25, 0.3) is 0 Å². The van der Waals surface area contributed by atoms with Crippen molar-refractivity contribution < 1.29 is 19.0 Å². The predicted molar refractivity (Wildman–Crippen MR) is 85.6 cm³/mol. The Hall–Kier alpha value is -2.82. The molecule has 0 aliphatic carbocycles. The van der Waals surface area contributed by atoms with Crippen molar-refractivity contribution in [3.63, 3.8) is 0 Å². The van der Waals surface area contributed by atoms with E-state index < -0.39 is 18.1 Å². The van der Waals surface area contributed by atoms with E-state index in [1.165, 1.54) is 7.11 Å². The molecular weight excluding hydrogens is 294 g/mol. The van der Waals surface area contributed by atoms with Crippen LogP contribution in [0.1, 0.15) is 17.2 Å². The van der Waals surface area contributed by atoms with Gasteiger partial charge in [-0.2, -0.15) is 0 Å². The lowest BCUT2D eigenvalue weighted by Gasteiger charge is -2.16. The van der Waals surface area contributed by atoms with E-state index >= 15 is 0 Å². The normalized spacial score (nSPS) is 19.7. The second kappa shape index (κ2) is 6.52. The molecule has 0 aromatic heterocycles. The van der Waals surface area contributed by atoms with Crippen molar-refractivity contribution in [1.82, 2.24) is 0 Å². The summed E-state index contributed by atoms with van der Waals surface area (Å²) >= 11 is 0. The zero-order valence-electron chi connectivity index (χ0n) is 12.9. The number of nitrogens with zero attached hydrogens (tertiary/aromatic N) is 1. The molecule has 2 aromatic carbocycles. The SMILES string of the molecule is COC(=O)C1N=C(c2ccccc2)OC1c1ccc(OC)cc1. The minimum Gasteiger partial charge on any atom is -0.497 e. The molecule has 2 aromatic rings. The summed E-state index contributed by atoms with van der Waals surface area (Å²) in [7, 11) is 2.96. The molecular formula is C18H17NO4. The summed E-state index contributed by atoms with van der Waals surface area (Å²) in [6.45, 7) is 0. The van der Waals surface area contributed by atoms with E-state index in [0.29, 0.717) is 5.90 Å². The van der Waals surface area contributed by atoms with E-state index in [2.05, 4.69) is 4.99 Å². The van der Waals surface area contributed by atoms with Crippen molar-refractivity contribution in [2.45, 2.75) is 12.1 Å². The molecule has 0 amide bonds. The van der Waals surface area contributed by atoms with E-state index in [0.717, 1.165) is 16.9 Å². The number of methoxy groups -OCH3 is 2. The third-order valence-corrected chi connectivity index (χ3v) is 3.69. The van der Waals surface area contributed by atoms with Crippen LogP contribution in [0.5, 0.6) is 5.75 Å². The fourth-order valence-corrected chi connectivity index (χ4v) is 2.47. The number of carbonyl (C=O) groups excluding carboxylic acids is 1. The maximum Gasteiger partial charge on any atom is 0.335 e. The highest BCUT2D eigenvalue weighted by Gasteiger charge is 2.38. The van der Waals surface area contributed by atoms with Crippen LogP contribution in [0.4, 0.5) is 0 Å². The maximum absolute atomic E-state index is 12.1. The summed E-state index contributed by atoms with van der Waals surface area (Å²) in [6, 6.07) is 16.2. The van der Waals surface area contributed by atoms with Crippen LogP contribution in [-0.2, 0) is 14.3 Å². The molecule has 2 atom stereocenters. The summed E-state index contributed by atoms with van der Waals surface area (Å²) < 4.78 is 16.0. The molecule has 2 unspecified atom stereocenters. The number of esters is 1. The summed E-state index contributed by atoms with van der Waals surface area (Å²) in [4.78, 5) is 16.5. The number of rotatable bonds is 4. The lowest BCUT2D eigenvalue weighted by molar-refractivity contribution is -0.143. The number of aliphatic imine (C=N–C) groups is 1. The molecule has 1 heterocycles. The van der Waals surface area contributed by atoms with Gasteiger partial charge in [0.2, 0.25) is 5.90 Å². The van der Waals surface area contributed by atoms with Gasteiger partial charge in [0.05, 0.1) is 14.2 Å². The number of hydrogen-bond donors (Lipinski definition) is 0. The van der Waals surface area contributed by atoms with Crippen molar-refractivity contribution in [3.8, 4) is 5.75 Å². The molecule has 3 rings (SSSR count). The first-order valence-electron chi connectivity index (χ1n) is 7.24. The average molecular weight is 311 g/mol. The van der Waals surface area contributed by atoms with Gasteiger partial charge in [-0.1, -0.05) is 30.3 Å². The van der Waals surface area contributed by atoms with E-state index in [1.807, 2.05) is 54.6 Å². The fourth-order valence-electron chi connectivity index (χ4n) is 2.47. The molecule has 0 fully saturated rings. The van der Waals surface area contributed by atoms with Crippen LogP contribution in [-0.4, -0.2) is 32.1 Å². The highest BCUT2D eigenvalue weighted by Crippen LogP contribution is 2.32. The van der Waals surface area contributed by atoms with Crippen LogP contribution in [0, 0.1) is 0 Å². The van der Waals surface area contributed by atoms with Crippen molar-refractivity contribution in [2.24, 2.45) is 4.99 Å². The number of ether oxygens (including phenoxy) is 3. The van der Waals surface area contributed by atoms with E-state index in [-0.39, 0.29) is 0 Å². The van der Waals surface area contributed by atoms with Gasteiger partial charge in [-0.3, -0.25) is 0 Å². The summed E-state index contributed by atoms with van der Waals surface area (Å²) in [5, 5.41) is 0. The van der Waals surface area contributed by atoms with Gasteiger partial charge in [-0.15, -0.1) is 0 Å². The molecule has 0 saturated carbocycles. The summed E-state index contributed by atoms with van der Waals surface area (Å²) in [6.07, 6.45) is -0.511. The molecule has 0 bridgehead atoms. The van der Waals surface area contributed by atoms with Gasteiger partial charge in [0.15, 0.2) is 12.1 Å². The third kappa shape index (κ3) is 3.04. The lowest BCUT2D eigenvalue weighted by atomic mass is 10.0. The molecule has 1 aliphatic rings. The Bertz CT molecular complexity index is 710. The Morgan fingerprint density at radius 3 is 2.35 bits per heavy atom. The predicted octanol–water partition coefficient (Wildman–Crippen LogP) is 2.75. The standard InChI is InChI=1S/C18H17NO4/c1-21-14-10-8-12(9-11-14)16-15(18(20)22-2)19-17(23-16)13-6-4-3-5-7-13/h3-11,15-16H,1-2H3. The average Bonchev–Trinajstić information content (AvgIpc) is 3.07. The van der Waals surface area contributed by atoms with Gasteiger partial charge in [0, 0.05) is 5.56 Å². The third-order valence-electron chi connectivity index (χ3n) is 3.69. The fraction of sp³-hybridized carbons (Fsp3) is 0.222. The molecule has 0 spiro atoms. The minimum absolute atomic E-state index is 0.420.